The highest BCUT2D eigenvalue weighted by molar-refractivity contribution is 9.09. The van der Waals surface area contributed by atoms with E-state index >= 15 is 0 Å². The molecule has 0 N–H and O–H groups in total. The number of hydrogen-bond acceptors (Lipinski definition) is 1. The van der Waals surface area contributed by atoms with E-state index in [0.29, 0.717) is 19.4 Å². The van der Waals surface area contributed by atoms with E-state index in [0.717, 1.165) is 16.6 Å². The molecule has 0 radical (unpaired) electrons. The summed E-state index contributed by atoms with van der Waals surface area (Å²) in [6, 6.07) is 4.60. The minimum atomic E-state index is -0.234. The maximum absolute atomic E-state index is 13.0. The Bertz CT molecular complexity index is 394. The zero-order valence-corrected chi connectivity index (χ0v) is 9.76. The van der Waals surface area contributed by atoms with Gasteiger partial charge in [0.2, 0.25) is 5.91 Å². The van der Waals surface area contributed by atoms with Crippen LogP contribution in [0.5, 0.6) is 0 Å². The van der Waals surface area contributed by atoms with Crippen LogP contribution in [0.15, 0.2) is 18.2 Å². The van der Waals surface area contributed by atoms with Crippen molar-refractivity contribution in [2.75, 3.05) is 16.8 Å². The number of fused-ring (bicyclic) bond motifs is 1. The van der Waals surface area contributed by atoms with Crippen LogP contribution >= 0.6 is 15.9 Å². The minimum absolute atomic E-state index is 0.119. The molecule has 15 heavy (non-hydrogen) atoms. The predicted molar refractivity (Wildman–Crippen MR) is 60.9 cm³/mol. The largest absolute Gasteiger partial charge is 0.311 e. The van der Waals surface area contributed by atoms with E-state index < -0.39 is 0 Å². The summed E-state index contributed by atoms with van der Waals surface area (Å²) in [7, 11) is 0. The van der Waals surface area contributed by atoms with Gasteiger partial charge in [-0.25, -0.2) is 4.39 Å². The number of hydrogen-bond donors (Lipinski definition) is 0. The predicted octanol–water partition coefficient (Wildman–Crippen LogP) is 2.50. The lowest BCUT2D eigenvalue weighted by Crippen LogP contribution is -2.36. The van der Waals surface area contributed by atoms with Crippen LogP contribution in [0.1, 0.15) is 12.0 Å². The van der Waals surface area contributed by atoms with Crippen molar-refractivity contribution in [3.63, 3.8) is 0 Å². The van der Waals surface area contributed by atoms with E-state index in [-0.39, 0.29) is 11.7 Å². The first-order valence-electron chi connectivity index (χ1n) is 4.87. The van der Waals surface area contributed by atoms with Gasteiger partial charge in [0, 0.05) is 24.0 Å². The zero-order valence-electron chi connectivity index (χ0n) is 8.17. The molecule has 1 aliphatic rings. The lowest BCUT2D eigenvalue weighted by Gasteiger charge is -2.28. The molecule has 1 aromatic carbocycles. The summed E-state index contributed by atoms with van der Waals surface area (Å²) >= 11 is 3.31. The molecule has 1 amide bonds. The number of carbonyl (C=O) groups is 1. The van der Waals surface area contributed by atoms with Gasteiger partial charge < -0.3 is 4.90 Å². The Morgan fingerprint density at radius 2 is 2.20 bits per heavy atom. The summed E-state index contributed by atoms with van der Waals surface area (Å²) in [6.45, 7) is 0.636. The Labute approximate surface area is 96.2 Å². The number of rotatable bonds is 2. The van der Waals surface area contributed by atoms with Gasteiger partial charge in [-0.15, -0.1) is 0 Å². The first-order valence-corrected chi connectivity index (χ1v) is 5.99. The second-order valence-electron chi connectivity index (χ2n) is 3.51. The van der Waals surface area contributed by atoms with Crippen molar-refractivity contribution in [3.05, 3.63) is 29.6 Å². The Hall–Kier alpha value is -0.900. The highest BCUT2D eigenvalue weighted by Gasteiger charge is 2.23. The molecule has 1 aromatic rings. The Morgan fingerprint density at radius 1 is 1.40 bits per heavy atom. The number of nitrogens with zero attached hydrogens (tertiary/aromatic N) is 1. The lowest BCUT2D eigenvalue weighted by molar-refractivity contribution is -0.118. The van der Waals surface area contributed by atoms with Gasteiger partial charge >= 0.3 is 0 Å². The Morgan fingerprint density at radius 3 is 2.93 bits per heavy atom. The van der Waals surface area contributed by atoms with Crippen LogP contribution in [0.3, 0.4) is 0 Å². The average molecular weight is 272 g/mol. The highest BCUT2D eigenvalue weighted by Crippen LogP contribution is 2.28. The van der Waals surface area contributed by atoms with Crippen LogP contribution in [0.25, 0.3) is 0 Å². The van der Waals surface area contributed by atoms with Crippen molar-refractivity contribution in [1.29, 1.82) is 0 Å². The van der Waals surface area contributed by atoms with E-state index in [1.165, 1.54) is 12.1 Å². The summed E-state index contributed by atoms with van der Waals surface area (Å²) < 4.78 is 13.0. The molecule has 0 atom stereocenters. The van der Waals surface area contributed by atoms with Crippen molar-refractivity contribution < 1.29 is 9.18 Å². The third-order valence-electron chi connectivity index (χ3n) is 2.55. The standard InChI is InChI=1S/C11H11BrFNO/c12-5-6-14-10-3-2-9(13)7-8(10)1-4-11(14)15/h2-3,7H,1,4-6H2. The number of anilines is 1. The van der Waals surface area contributed by atoms with Crippen molar-refractivity contribution >= 4 is 27.5 Å². The van der Waals surface area contributed by atoms with Gasteiger partial charge in [0.1, 0.15) is 5.82 Å². The fourth-order valence-electron chi connectivity index (χ4n) is 1.86. The lowest BCUT2D eigenvalue weighted by atomic mass is 10.0. The van der Waals surface area contributed by atoms with Crippen LogP contribution in [0.4, 0.5) is 10.1 Å². The van der Waals surface area contributed by atoms with Gasteiger partial charge in [-0.3, -0.25) is 4.79 Å². The quantitative estimate of drug-likeness (QED) is 0.757. The average Bonchev–Trinajstić information content (AvgIpc) is 2.22. The third-order valence-corrected chi connectivity index (χ3v) is 2.90. The fraction of sp³-hybridized carbons (Fsp3) is 0.364. The van der Waals surface area contributed by atoms with Crippen LogP contribution in [0, 0.1) is 5.82 Å². The molecule has 2 nitrogen and oxygen atoms in total. The van der Waals surface area contributed by atoms with Gasteiger partial charge in [0.25, 0.3) is 0 Å². The monoisotopic (exact) mass is 271 g/mol. The maximum atomic E-state index is 13.0. The molecule has 0 fully saturated rings. The summed E-state index contributed by atoms with van der Waals surface area (Å²) in [6.07, 6.45) is 1.12. The molecular weight excluding hydrogens is 261 g/mol. The van der Waals surface area contributed by atoms with Gasteiger partial charge in [0.05, 0.1) is 0 Å². The minimum Gasteiger partial charge on any atom is -0.311 e. The molecule has 80 valence electrons. The summed E-state index contributed by atoms with van der Waals surface area (Å²) in [5.74, 6) is -0.115. The smallest absolute Gasteiger partial charge is 0.227 e. The molecule has 0 aromatic heterocycles. The normalized spacial score (nSPS) is 15.3. The maximum Gasteiger partial charge on any atom is 0.227 e. The molecule has 0 spiro atoms. The first-order chi connectivity index (χ1) is 7.22. The van der Waals surface area contributed by atoms with Gasteiger partial charge in [0.15, 0.2) is 0 Å². The number of benzene rings is 1. The molecule has 0 saturated heterocycles. The van der Waals surface area contributed by atoms with E-state index in [2.05, 4.69) is 15.9 Å². The molecule has 4 heteroatoms. The number of amides is 1. The molecule has 0 aliphatic carbocycles. The highest BCUT2D eigenvalue weighted by atomic mass is 79.9. The van der Waals surface area contributed by atoms with Crippen LogP contribution in [-0.4, -0.2) is 17.8 Å². The number of carbonyl (C=O) groups excluding carboxylic acids is 1. The fourth-order valence-corrected chi connectivity index (χ4v) is 2.21. The van der Waals surface area contributed by atoms with Gasteiger partial charge in [-0.05, 0) is 30.2 Å². The number of alkyl halides is 1. The second kappa shape index (κ2) is 4.31. The molecular formula is C11H11BrFNO. The number of aryl methyl sites for hydroxylation is 1. The molecule has 0 unspecified atom stereocenters. The third kappa shape index (κ3) is 2.04. The van der Waals surface area contributed by atoms with Crippen molar-refractivity contribution in [3.8, 4) is 0 Å². The second-order valence-corrected chi connectivity index (χ2v) is 4.30. The van der Waals surface area contributed by atoms with Gasteiger partial charge in [-0.2, -0.15) is 0 Å². The molecule has 0 bridgehead atoms. The van der Waals surface area contributed by atoms with Crippen molar-refractivity contribution in [1.82, 2.24) is 0 Å². The first kappa shape index (κ1) is 10.6. The van der Waals surface area contributed by atoms with E-state index in [9.17, 15) is 9.18 Å². The zero-order chi connectivity index (χ0) is 10.8. The molecule has 1 heterocycles. The summed E-state index contributed by atoms with van der Waals surface area (Å²) in [5.41, 5.74) is 1.78. The Balaban J connectivity index is 2.39. The molecule has 2 rings (SSSR count). The van der Waals surface area contributed by atoms with Crippen LogP contribution in [0.2, 0.25) is 0 Å². The van der Waals surface area contributed by atoms with Crippen LogP contribution < -0.4 is 4.90 Å². The van der Waals surface area contributed by atoms with Crippen LogP contribution in [-0.2, 0) is 11.2 Å². The topological polar surface area (TPSA) is 20.3 Å². The van der Waals surface area contributed by atoms with E-state index in [4.69, 9.17) is 0 Å². The summed E-state index contributed by atoms with van der Waals surface area (Å²) in [5, 5.41) is 0.732. The Kier molecular flexibility index (Phi) is 3.05. The van der Waals surface area contributed by atoms with Crippen molar-refractivity contribution in [2.24, 2.45) is 0 Å². The molecule has 0 saturated carbocycles. The van der Waals surface area contributed by atoms with E-state index in [1.54, 1.807) is 11.0 Å². The summed E-state index contributed by atoms with van der Waals surface area (Å²) in [4.78, 5) is 13.4. The SMILES string of the molecule is O=C1CCc2cc(F)ccc2N1CCBr. The number of halogens is 2. The molecule has 1 aliphatic heterocycles. The van der Waals surface area contributed by atoms with E-state index in [1.807, 2.05) is 0 Å². The van der Waals surface area contributed by atoms with Crippen molar-refractivity contribution in [2.45, 2.75) is 12.8 Å². The van der Waals surface area contributed by atoms with Gasteiger partial charge in [-0.1, -0.05) is 15.9 Å².